The normalized spacial score (nSPS) is 22.0. The molecule has 1 aromatic carbocycles. The zero-order valence-corrected chi connectivity index (χ0v) is 9.92. The van der Waals surface area contributed by atoms with Gasteiger partial charge in [0.05, 0.1) is 11.9 Å². The van der Waals surface area contributed by atoms with Crippen molar-refractivity contribution in [2.45, 2.75) is 25.9 Å². The van der Waals surface area contributed by atoms with E-state index in [0.717, 1.165) is 17.0 Å². The molecule has 0 saturated carbocycles. The summed E-state index contributed by atoms with van der Waals surface area (Å²) in [6.07, 6.45) is 5.43. The molecule has 3 nitrogen and oxygen atoms in total. The van der Waals surface area contributed by atoms with Gasteiger partial charge in [-0.05, 0) is 25.1 Å². The van der Waals surface area contributed by atoms with Gasteiger partial charge in [0.1, 0.15) is 11.9 Å². The lowest BCUT2D eigenvalue weighted by atomic mass is 9.96. The van der Waals surface area contributed by atoms with Crippen molar-refractivity contribution < 1.29 is 4.74 Å². The van der Waals surface area contributed by atoms with Crippen LogP contribution in [0.25, 0.3) is 11.3 Å². The second-order valence-corrected chi connectivity index (χ2v) is 4.45. The van der Waals surface area contributed by atoms with Gasteiger partial charge in [-0.15, -0.1) is 0 Å². The first-order valence-electron chi connectivity index (χ1n) is 5.82. The maximum atomic E-state index is 5.77. The van der Waals surface area contributed by atoms with Crippen LogP contribution in [0.5, 0.6) is 5.75 Å². The Balaban J connectivity index is 2.06. The van der Waals surface area contributed by atoms with Crippen molar-refractivity contribution in [3.8, 4) is 17.0 Å². The molecule has 86 valence electrons. The number of aromatic nitrogens is 2. The Hall–Kier alpha value is -1.90. The molecule has 3 heteroatoms. The van der Waals surface area contributed by atoms with Gasteiger partial charge in [0, 0.05) is 29.4 Å². The molecular formula is C14H14N2O. The molecule has 2 unspecified atom stereocenters. The van der Waals surface area contributed by atoms with Crippen LogP contribution in [0, 0.1) is 0 Å². The van der Waals surface area contributed by atoms with Gasteiger partial charge in [-0.2, -0.15) is 0 Å². The van der Waals surface area contributed by atoms with E-state index in [9.17, 15) is 0 Å². The highest BCUT2D eigenvalue weighted by molar-refractivity contribution is 5.62. The van der Waals surface area contributed by atoms with E-state index < -0.39 is 0 Å². The highest BCUT2D eigenvalue weighted by Crippen LogP contribution is 2.39. The van der Waals surface area contributed by atoms with Crippen molar-refractivity contribution in [1.82, 2.24) is 9.97 Å². The van der Waals surface area contributed by atoms with Crippen LogP contribution in [-0.4, -0.2) is 16.1 Å². The van der Waals surface area contributed by atoms with Gasteiger partial charge in [-0.1, -0.05) is 6.92 Å². The first kappa shape index (κ1) is 10.3. The van der Waals surface area contributed by atoms with E-state index in [-0.39, 0.29) is 6.10 Å². The minimum Gasteiger partial charge on any atom is -0.490 e. The van der Waals surface area contributed by atoms with E-state index in [1.165, 1.54) is 5.56 Å². The number of hydrogen-bond acceptors (Lipinski definition) is 3. The van der Waals surface area contributed by atoms with Crippen molar-refractivity contribution in [1.29, 1.82) is 0 Å². The fourth-order valence-corrected chi connectivity index (χ4v) is 2.17. The van der Waals surface area contributed by atoms with Crippen molar-refractivity contribution in [3.05, 3.63) is 42.4 Å². The van der Waals surface area contributed by atoms with Crippen LogP contribution < -0.4 is 4.74 Å². The Morgan fingerprint density at radius 3 is 2.82 bits per heavy atom. The predicted molar refractivity (Wildman–Crippen MR) is 66.0 cm³/mol. The van der Waals surface area contributed by atoms with Crippen LogP contribution in [0.1, 0.15) is 25.3 Å². The third-order valence-corrected chi connectivity index (χ3v) is 3.38. The highest BCUT2D eigenvalue weighted by Gasteiger charge is 2.27. The second kappa shape index (κ2) is 3.84. The lowest BCUT2D eigenvalue weighted by Gasteiger charge is -2.07. The van der Waals surface area contributed by atoms with Gasteiger partial charge in [0.25, 0.3) is 0 Å². The lowest BCUT2D eigenvalue weighted by Crippen LogP contribution is -2.10. The Morgan fingerprint density at radius 2 is 2.06 bits per heavy atom. The van der Waals surface area contributed by atoms with Crippen LogP contribution >= 0.6 is 0 Å². The molecule has 17 heavy (non-hydrogen) atoms. The fraction of sp³-hybridized carbons (Fsp3) is 0.286. The summed E-state index contributed by atoms with van der Waals surface area (Å²) in [5.74, 6) is 1.43. The fourth-order valence-electron chi connectivity index (χ4n) is 2.17. The Morgan fingerprint density at radius 1 is 1.18 bits per heavy atom. The maximum Gasteiger partial charge on any atom is 0.123 e. The summed E-state index contributed by atoms with van der Waals surface area (Å²) in [6, 6.07) is 6.22. The molecule has 0 fully saturated rings. The van der Waals surface area contributed by atoms with E-state index >= 15 is 0 Å². The number of hydrogen-bond donors (Lipinski definition) is 0. The standard InChI is InChI=1S/C14H14N2O/c1-9-10(2)17-14-4-3-11(7-12(9)14)13-8-15-5-6-16-13/h3-10H,1-2H3. The number of rotatable bonds is 1. The topological polar surface area (TPSA) is 35.0 Å². The largest absolute Gasteiger partial charge is 0.490 e. The van der Waals surface area contributed by atoms with Crippen LogP contribution in [0.4, 0.5) is 0 Å². The smallest absolute Gasteiger partial charge is 0.123 e. The average Bonchev–Trinajstić information content (AvgIpc) is 2.66. The second-order valence-electron chi connectivity index (χ2n) is 4.45. The molecule has 1 aromatic heterocycles. The lowest BCUT2D eigenvalue weighted by molar-refractivity contribution is 0.232. The van der Waals surface area contributed by atoms with Gasteiger partial charge < -0.3 is 4.74 Å². The summed E-state index contributed by atoms with van der Waals surface area (Å²) in [4.78, 5) is 8.41. The molecule has 3 rings (SSSR count). The zero-order valence-electron chi connectivity index (χ0n) is 9.92. The Labute approximate surface area is 100 Å². The first-order chi connectivity index (χ1) is 8.25. The van der Waals surface area contributed by atoms with Gasteiger partial charge >= 0.3 is 0 Å². The highest BCUT2D eigenvalue weighted by atomic mass is 16.5. The van der Waals surface area contributed by atoms with E-state index in [0.29, 0.717) is 5.92 Å². The molecule has 1 aliphatic rings. The number of benzene rings is 1. The summed E-state index contributed by atoms with van der Waals surface area (Å²) in [5, 5.41) is 0. The average molecular weight is 226 g/mol. The van der Waals surface area contributed by atoms with E-state index in [1.54, 1.807) is 18.6 Å². The number of ether oxygens (including phenoxy) is 1. The SMILES string of the molecule is CC1Oc2ccc(-c3cnccn3)cc2C1C. The summed E-state index contributed by atoms with van der Waals surface area (Å²) in [5.41, 5.74) is 3.27. The van der Waals surface area contributed by atoms with Crippen LogP contribution in [-0.2, 0) is 0 Å². The molecule has 0 aliphatic carbocycles. The molecule has 0 saturated heterocycles. The molecule has 0 N–H and O–H groups in total. The summed E-state index contributed by atoms with van der Waals surface area (Å²) in [6.45, 7) is 4.30. The van der Waals surface area contributed by atoms with Crippen molar-refractivity contribution in [2.24, 2.45) is 0 Å². The third-order valence-electron chi connectivity index (χ3n) is 3.38. The van der Waals surface area contributed by atoms with Gasteiger partial charge in [-0.25, -0.2) is 0 Å². The predicted octanol–water partition coefficient (Wildman–Crippen LogP) is 3.03. The molecule has 0 radical (unpaired) electrons. The van der Waals surface area contributed by atoms with Crippen LogP contribution in [0.3, 0.4) is 0 Å². The van der Waals surface area contributed by atoms with Gasteiger partial charge in [0.15, 0.2) is 0 Å². The van der Waals surface area contributed by atoms with Gasteiger partial charge in [0.2, 0.25) is 0 Å². The molecule has 2 aromatic rings. The summed E-state index contributed by atoms with van der Waals surface area (Å²) >= 11 is 0. The monoisotopic (exact) mass is 226 g/mol. The first-order valence-corrected chi connectivity index (χ1v) is 5.82. The Kier molecular flexibility index (Phi) is 2.32. The number of nitrogens with zero attached hydrogens (tertiary/aromatic N) is 2. The van der Waals surface area contributed by atoms with Gasteiger partial charge in [-0.3, -0.25) is 9.97 Å². The zero-order chi connectivity index (χ0) is 11.8. The minimum atomic E-state index is 0.252. The van der Waals surface area contributed by atoms with E-state index in [4.69, 9.17) is 4.74 Å². The Bertz CT molecular complexity index is 539. The van der Waals surface area contributed by atoms with Crippen LogP contribution in [0.2, 0.25) is 0 Å². The molecule has 2 heterocycles. The molecule has 0 bridgehead atoms. The number of fused-ring (bicyclic) bond motifs is 1. The minimum absolute atomic E-state index is 0.252. The quantitative estimate of drug-likeness (QED) is 0.749. The molecule has 2 atom stereocenters. The third kappa shape index (κ3) is 1.68. The van der Waals surface area contributed by atoms with Crippen LogP contribution in [0.15, 0.2) is 36.8 Å². The molecule has 0 amide bonds. The molecule has 1 aliphatic heterocycles. The summed E-state index contributed by atoms with van der Waals surface area (Å²) in [7, 11) is 0. The van der Waals surface area contributed by atoms with E-state index in [1.807, 2.05) is 12.1 Å². The van der Waals surface area contributed by atoms with Crippen molar-refractivity contribution in [3.63, 3.8) is 0 Å². The van der Waals surface area contributed by atoms with E-state index in [2.05, 4.69) is 29.9 Å². The molecule has 0 spiro atoms. The summed E-state index contributed by atoms with van der Waals surface area (Å²) < 4.78 is 5.77. The maximum absolute atomic E-state index is 5.77. The van der Waals surface area contributed by atoms with Crippen molar-refractivity contribution in [2.75, 3.05) is 0 Å². The molecular weight excluding hydrogens is 212 g/mol. The van der Waals surface area contributed by atoms with Crippen molar-refractivity contribution >= 4 is 0 Å².